The summed E-state index contributed by atoms with van der Waals surface area (Å²) in [7, 11) is 0. The molecular weight excluding hydrogens is 390 g/mol. The summed E-state index contributed by atoms with van der Waals surface area (Å²) in [5.41, 5.74) is -1.76. The molecule has 0 spiro atoms. The first-order chi connectivity index (χ1) is 14.1. The summed E-state index contributed by atoms with van der Waals surface area (Å²) in [6, 6.07) is 8.65. The molecule has 1 N–H and O–H groups in total. The molecule has 1 aliphatic carbocycles. The third-order valence-corrected chi connectivity index (χ3v) is 6.05. The molecule has 164 valence electrons. The highest BCUT2D eigenvalue weighted by molar-refractivity contribution is 5.81. The van der Waals surface area contributed by atoms with E-state index in [1.165, 1.54) is 0 Å². The smallest absolute Gasteiger partial charge is 0.343 e. The molecule has 0 amide bonds. The van der Waals surface area contributed by atoms with Crippen LogP contribution in [0.2, 0.25) is 0 Å². The summed E-state index contributed by atoms with van der Waals surface area (Å²) in [6.07, 6.45) is 3.78. The fraction of sp³-hybridized carbons (Fsp3) is 0.565. The Morgan fingerprint density at radius 3 is 2.63 bits per heavy atom. The van der Waals surface area contributed by atoms with Gasteiger partial charge in [-0.3, -0.25) is 0 Å². The van der Waals surface area contributed by atoms with E-state index in [-0.39, 0.29) is 19.4 Å². The molecule has 3 rings (SSSR count). The number of aryl methyl sites for hydroxylation is 1. The van der Waals surface area contributed by atoms with Crippen molar-refractivity contribution < 1.29 is 28.0 Å². The Kier molecular flexibility index (Phi) is 6.60. The lowest BCUT2D eigenvalue weighted by Gasteiger charge is -2.32. The highest BCUT2D eigenvalue weighted by Gasteiger charge is 2.54. The van der Waals surface area contributed by atoms with Crippen molar-refractivity contribution in [2.75, 3.05) is 6.61 Å². The number of aliphatic hydroxyl groups is 1. The number of hydrogen-bond donors (Lipinski definition) is 1. The molecule has 1 fully saturated rings. The molecular formula is C23H31F2N2O3+. The molecule has 2 aromatic rings. The van der Waals surface area contributed by atoms with Crippen molar-refractivity contribution in [1.29, 1.82) is 0 Å². The van der Waals surface area contributed by atoms with E-state index in [0.717, 1.165) is 5.82 Å². The van der Waals surface area contributed by atoms with Crippen LogP contribution in [0.3, 0.4) is 0 Å². The van der Waals surface area contributed by atoms with Crippen LogP contribution in [0.5, 0.6) is 0 Å². The lowest BCUT2D eigenvalue weighted by molar-refractivity contribution is -0.703. The van der Waals surface area contributed by atoms with Crippen LogP contribution in [-0.2, 0) is 21.7 Å². The van der Waals surface area contributed by atoms with Crippen LogP contribution in [0.1, 0.15) is 57.0 Å². The minimum absolute atomic E-state index is 0.0747. The summed E-state index contributed by atoms with van der Waals surface area (Å²) >= 11 is 0. The van der Waals surface area contributed by atoms with Gasteiger partial charge in [-0.15, -0.1) is 0 Å². The number of imidazole rings is 1. The normalized spacial score (nSPS) is 20.3. The zero-order valence-corrected chi connectivity index (χ0v) is 17.9. The molecule has 1 aromatic carbocycles. The van der Waals surface area contributed by atoms with E-state index in [1.54, 1.807) is 30.3 Å². The first-order valence-corrected chi connectivity index (χ1v) is 10.5. The average molecular weight is 422 g/mol. The summed E-state index contributed by atoms with van der Waals surface area (Å²) in [6.45, 7) is 7.01. The Morgan fingerprint density at radius 1 is 1.37 bits per heavy atom. The molecule has 1 saturated carbocycles. The monoisotopic (exact) mass is 421 g/mol. The molecule has 2 atom stereocenters. The highest BCUT2D eigenvalue weighted by Crippen LogP contribution is 2.47. The maximum absolute atomic E-state index is 13.8. The van der Waals surface area contributed by atoms with E-state index in [1.807, 2.05) is 19.3 Å². The number of aromatic nitrogens is 2. The Balaban J connectivity index is 1.66. The van der Waals surface area contributed by atoms with Crippen molar-refractivity contribution in [3.8, 4) is 0 Å². The van der Waals surface area contributed by atoms with Gasteiger partial charge in [0.05, 0.1) is 19.2 Å². The molecule has 5 nitrogen and oxygen atoms in total. The maximum Gasteiger partial charge on any atom is 0.343 e. The van der Waals surface area contributed by atoms with E-state index >= 15 is 0 Å². The van der Waals surface area contributed by atoms with Gasteiger partial charge >= 0.3 is 5.97 Å². The highest BCUT2D eigenvalue weighted by atomic mass is 19.3. The molecule has 30 heavy (non-hydrogen) atoms. The van der Waals surface area contributed by atoms with Crippen molar-refractivity contribution in [3.05, 3.63) is 54.1 Å². The number of benzene rings is 1. The van der Waals surface area contributed by atoms with Gasteiger partial charge in [0, 0.05) is 32.1 Å². The van der Waals surface area contributed by atoms with Crippen LogP contribution in [0.4, 0.5) is 8.78 Å². The van der Waals surface area contributed by atoms with Crippen molar-refractivity contribution in [1.82, 2.24) is 4.57 Å². The molecule has 0 unspecified atom stereocenters. The van der Waals surface area contributed by atoms with E-state index in [0.29, 0.717) is 24.6 Å². The minimum Gasteiger partial charge on any atom is -0.463 e. The van der Waals surface area contributed by atoms with E-state index in [2.05, 4.69) is 23.0 Å². The number of hydrogen-bond acceptors (Lipinski definition) is 3. The topological polar surface area (TPSA) is 55.3 Å². The first kappa shape index (κ1) is 22.4. The SMILES string of the molecule is Cc1n(C(C)C)cc[n+]1CCCOC(=O)[C@](O)(c1ccccc1)[C@@H]1CCC(F)(F)C1. The van der Waals surface area contributed by atoms with Gasteiger partial charge in [-0.05, 0) is 25.8 Å². The number of carbonyl (C=O) groups is 1. The number of nitrogens with zero attached hydrogens (tertiary/aromatic N) is 2. The summed E-state index contributed by atoms with van der Waals surface area (Å²) in [5, 5.41) is 11.3. The van der Waals surface area contributed by atoms with E-state index in [9.17, 15) is 18.7 Å². The third-order valence-electron chi connectivity index (χ3n) is 6.05. The molecule has 0 aliphatic heterocycles. The minimum atomic E-state index is -2.87. The predicted octanol–water partition coefficient (Wildman–Crippen LogP) is 3.92. The summed E-state index contributed by atoms with van der Waals surface area (Å²) < 4.78 is 37.3. The van der Waals surface area contributed by atoms with Crippen LogP contribution in [0, 0.1) is 12.8 Å². The van der Waals surface area contributed by atoms with Crippen LogP contribution in [0.25, 0.3) is 0 Å². The Hall–Kier alpha value is -2.28. The molecule has 1 aliphatic rings. The lowest BCUT2D eigenvalue weighted by atomic mass is 9.80. The first-order valence-electron chi connectivity index (χ1n) is 10.5. The zero-order chi connectivity index (χ0) is 21.9. The Morgan fingerprint density at radius 2 is 2.07 bits per heavy atom. The zero-order valence-electron chi connectivity index (χ0n) is 17.9. The Labute approximate surface area is 176 Å². The molecule has 1 heterocycles. The van der Waals surface area contributed by atoms with E-state index < -0.39 is 29.8 Å². The summed E-state index contributed by atoms with van der Waals surface area (Å²) in [5.74, 6) is -3.49. The maximum atomic E-state index is 13.8. The van der Waals surface area contributed by atoms with Gasteiger partial charge in [0.25, 0.3) is 5.82 Å². The number of ether oxygens (including phenoxy) is 1. The Bertz CT molecular complexity index is 867. The number of halogens is 2. The molecule has 0 saturated heterocycles. The fourth-order valence-electron chi connectivity index (χ4n) is 4.33. The van der Waals surface area contributed by atoms with Gasteiger partial charge < -0.3 is 9.84 Å². The standard InChI is InChI=1S/C23H31F2N2O3/c1-17(2)27-14-13-26(18(27)3)12-7-15-30-21(28)23(29,19-8-5-4-6-9-19)20-10-11-22(24,25)16-20/h4-6,8-9,13-14,17,20,29H,7,10-12,15-16H2,1-3H3/q+1/t20-,23+/m1/s1. The van der Waals surface area contributed by atoms with Gasteiger partial charge in [0.2, 0.25) is 5.92 Å². The van der Waals surface area contributed by atoms with Crippen molar-refractivity contribution >= 4 is 5.97 Å². The second-order valence-electron chi connectivity index (χ2n) is 8.46. The van der Waals surface area contributed by atoms with Gasteiger partial charge in [-0.2, -0.15) is 0 Å². The molecule has 1 aromatic heterocycles. The second-order valence-corrected chi connectivity index (χ2v) is 8.46. The lowest BCUT2D eigenvalue weighted by Crippen LogP contribution is -2.44. The second kappa shape index (κ2) is 8.84. The van der Waals surface area contributed by atoms with Crippen LogP contribution in [-0.4, -0.2) is 28.2 Å². The third kappa shape index (κ3) is 4.56. The van der Waals surface area contributed by atoms with Crippen molar-refractivity contribution in [2.24, 2.45) is 5.92 Å². The largest absolute Gasteiger partial charge is 0.463 e. The summed E-state index contributed by atoms with van der Waals surface area (Å²) in [4.78, 5) is 12.9. The predicted molar refractivity (Wildman–Crippen MR) is 108 cm³/mol. The van der Waals surface area contributed by atoms with Gasteiger partial charge in [0.1, 0.15) is 12.4 Å². The number of rotatable bonds is 8. The van der Waals surface area contributed by atoms with Crippen LogP contribution < -0.4 is 4.57 Å². The van der Waals surface area contributed by atoms with Gasteiger partial charge in [-0.1, -0.05) is 30.3 Å². The number of esters is 1. The fourth-order valence-corrected chi connectivity index (χ4v) is 4.33. The van der Waals surface area contributed by atoms with Gasteiger partial charge in [0.15, 0.2) is 5.60 Å². The quantitative estimate of drug-likeness (QED) is 0.399. The van der Waals surface area contributed by atoms with Gasteiger partial charge in [-0.25, -0.2) is 22.7 Å². The average Bonchev–Trinajstić information content (AvgIpc) is 3.27. The molecule has 7 heteroatoms. The number of carbonyl (C=O) groups excluding carboxylic acids is 1. The van der Waals surface area contributed by atoms with Crippen LogP contribution >= 0.6 is 0 Å². The molecule has 0 bridgehead atoms. The van der Waals surface area contributed by atoms with Crippen LogP contribution in [0.15, 0.2) is 42.7 Å². The van der Waals surface area contributed by atoms with E-state index in [4.69, 9.17) is 4.74 Å². The van der Waals surface area contributed by atoms with Crippen molar-refractivity contribution in [3.63, 3.8) is 0 Å². The number of alkyl halides is 2. The van der Waals surface area contributed by atoms with Crippen molar-refractivity contribution in [2.45, 2.75) is 70.6 Å². The molecule has 0 radical (unpaired) electrons.